The predicted octanol–water partition coefficient (Wildman–Crippen LogP) is 4.71. The number of carbonyl (C=O) groups excluding carboxylic acids is 1. The van der Waals surface area contributed by atoms with Gasteiger partial charge in [0.1, 0.15) is 23.4 Å². The molecule has 1 amide bonds. The first kappa shape index (κ1) is 21.0. The zero-order chi connectivity index (χ0) is 22.1. The summed E-state index contributed by atoms with van der Waals surface area (Å²) in [5.41, 5.74) is 1.37. The molecule has 5 rings (SSSR count). The fourth-order valence-corrected chi connectivity index (χ4v) is 4.64. The number of rotatable bonds is 4. The Balaban J connectivity index is 1.24. The highest BCUT2D eigenvalue weighted by molar-refractivity contribution is 6.30. The lowest BCUT2D eigenvalue weighted by Crippen LogP contribution is -2.50. The van der Waals surface area contributed by atoms with Crippen LogP contribution in [0.5, 0.6) is 5.75 Å². The summed E-state index contributed by atoms with van der Waals surface area (Å²) in [6, 6.07) is 15.0. The van der Waals surface area contributed by atoms with E-state index in [0.29, 0.717) is 36.1 Å². The fraction of sp³-hybridized carbons (Fsp3) is 0.333. The highest BCUT2D eigenvalue weighted by atomic mass is 35.5. The van der Waals surface area contributed by atoms with Gasteiger partial charge < -0.3 is 14.4 Å². The van der Waals surface area contributed by atoms with Gasteiger partial charge in [-0.25, -0.2) is 4.39 Å². The van der Waals surface area contributed by atoms with E-state index in [4.69, 9.17) is 21.1 Å². The molecule has 0 aliphatic carbocycles. The molecule has 0 bridgehead atoms. The summed E-state index contributed by atoms with van der Waals surface area (Å²) in [5, 5.41) is 7.73. The number of hydrogen-bond donors (Lipinski definition) is 1. The third-order valence-corrected chi connectivity index (χ3v) is 6.32. The average molecular weight is 456 g/mol. The van der Waals surface area contributed by atoms with Crippen molar-refractivity contribution < 1.29 is 18.7 Å². The minimum absolute atomic E-state index is 0.0662. The van der Waals surface area contributed by atoms with Crippen LogP contribution < -0.4 is 4.74 Å². The molecule has 2 fully saturated rings. The number of hydrogen-bond acceptors (Lipinski definition) is 4. The minimum Gasteiger partial charge on any atom is -0.488 e. The quantitative estimate of drug-likeness (QED) is 0.618. The van der Waals surface area contributed by atoms with Crippen molar-refractivity contribution in [2.45, 2.75) is 31.0 Å². The molecule has 0 saturated carbocycles. The smallest absolute Gasteiger partial charge is 0.271 e. The van der Waals surface area contributed by atoms with Crippen LogP contribution in [0.4, 0.5) is 4.39 Å². The van der Waals surface area contributed by atoms with Crippen LogP contribution in [0.1, 0.15) is 29.8 Å². The van der Waals surface area contributed by atoms with Gasteiger partial charge in [-0.15, -0.1) is 0 Å². The summed E-state index contributed by atoms with van der Waals surface area (Å²) in [6.07, 6.45) is 2.41. The van der Waals surface area contributed by atoms with Crippen LogP contribution in [-0.4, -0.2) is 52.4 Å². The number of likely N-dealkylation sites (tertiary alicyclic amines) is 1. The van der Waals surface area contributed by atoms with Gasteiger partial charge in [0.25, 0.3) is 5.91 Å². The van der Waals surface area contributed by atoms with E-state index in [1.807, 2.05) is 17.0 Å². The number of nitrogens with one attached hydrogen (secondary N) is 1. The van der Waals surface area contributed by atoms with Gasteiger partial charge in [0.15, 0.2) is 0 Å². The van der Waals surface area contributed by atoms with Crippen molar-refractivity contribution in [2.24, 2.45) is 0 Å². The summed E-state index contributed by atoms with van der Waals surface area (Å²) < 4.78 is 25.4. The lowest BCUT2D eigenvalue weighted by atomic mass is 9.89. The minimum atomic E-state index is -0.398. The molecule has 3 aromatic rings. The standard InChI is InChI=1S/C24H23ClFN3O3/c25-17-4-8-19(9-5-17)32-20-13-24(31-14-20)10-1-11-29(15-24)23(30)22-12-21(27-28-22)16-2-6-18(26)7-3-16/h2-9,12,20H,1,10-11,13-15H2,(H,27,28)/t20-,24-/m1/s1. The van der Waals surface area contributed by atoms with Gasteiger partial charge in [-0.1, -0.05) is 11.6 Å². The van der Waals surface area contributed by atoms with E-state index in [1.165, 1.54) is 12.1 Å². The highest BCUT2D eigenvalue weighted by Gasteiger charge is 2.45. The van der Waals surface area contributed by atoms with Gasteiger partial charge in [0.2, 0.25) is 0 Å². The highest BCUT2D eigenvalue weighted by Crippen LogP contribution is 2.37. The third-order valence-electron chi connectivity index (χ3n) is 6.07. The SMILES string of the molecule is O=C(c1cc(-c2ccc(F)cc2)n[nH]1)N1CCC[C@@]2(C[C@@H](Oc3ccc(Cl)cc3)CO2)C1. The normalized spacial score (nSPS) is 22.9. The second-order valence-corrected chi connectivity index (χ2v) is 8.83. The van der Waals surface area contributed by atoms with Gasteiger partial charge in [0, 0.05) is 23.6 Å². The monoisotopic (exact) mass is 455 g/mol. The van der Waals surface area contributed by atoms with E-state index >= 15 is 0 Å². The summed E-state index contributed by atoms with van der Waals surface area (Å²) in [6.45, 7) is 1.66. The average Bonchev–Trinajstić information content (AvgIpc) is 3.43. The molecule has 3 heterocycles. The Morgan fingerprint density at radius 1 is 1.22 bits per heavy atom. The molecule has 166 valence electrons. The third kappa shape index (κ3) is 4.36. The van der Waals surface area contributed by atoms with Crippen molar-refractivity contribution in [3.05, 3.63) is 71.1 Å². The molecule has 0 radical (unpaired) electrons. The molecule has 1 aromatic heterocycles. The molecular weight excluding hydrogens is 433 g/mol. The Morgan fingerprint density at radius 3 is 2.78 bits per heavy atom. The summed E-state index contributed by atoms with van der Waals surface area (Å²) >= 11 is 5.94. The molecule has 2 aliphatic rings. The Kier molecular flexibility index (Phi) is 5.61. The van der Waals surface area contributed by atoms with Crippen molar-refractivity contribution in [3.63, 3.8) is 0 Å². The lowest BCUT2D eigenvalue weighted by Gasteiger charge is -2.39. The number of halogens is 2. The van der Waals surface area contributed by atoms with Crippen molar-refractivity contribution in [2.75, 3.05) is 19.7 Å². The molecule has 1 spiro atoms. The second-order valence-electron chi connectivity index (χ2n) is 8.40. The van der Waals surface area contributed by atoms with Crippen LogP contribution in [0, 0.1) is 5.82 Å². The number of H-pyrrole nitrogens is 1. The largest absolute Gasteiger partial charge is 0.488 e. The van der Waals surface area contributed by atoms with Crippen LogP contribution in [0.25, 0.3) is 11.3 Å². The molecular formula is C24H23ClFN3O3. The number of aromatic amines is 1. The molecule has 2 aliphatic heterocycles. The Bertz CT molecular complexity index is 1100. The van der Waals surface area contributed by atoms with Gasteiger partial charge >= 0.3 is 0 Å². The van der Waals surface area contributed by atoms with E-state index in [-0.39, 0.29) is 17.8 Å². The zero-order valence-electron chi connectivity index (χ0n) is 17.4. The number of aromatic nitrogens is 2. The summed E-state index contributed by atoms with van der Waals surface area (Å²) in [4.78, 5) is 15.0. The first-order chi connectivity index (χ1) is 15.5. The van der Waals surface area contributed by atoms with E-state index < -0.39 is 5.60 Å². The first-order valence-electron chi connectivity index (χ1n) is 10.7. The maximum atomic E-state index is 13.2. The zero-order valence-corrected chi connectivity index (χ0v) is 18.1. The molecule has 1 N–H and O–H groups in total. The van der Waals surface area contributed by atoms with Crippen molar-refractivity contribution >= 4 is 17.5 Å². The number of benzene rings is 2. The first-order valence-corrected chi connectivity index (χ1v) is 11.0. The topological polar surface area (TPSA) is 67.5 Å². The molecule has 2 atom stereocenters. The molecule has 2 saturated heterocycles. The predicted molar refractivity (Wildman–Crippen MR) is 118 cm³/mol. The van der Waals surface area contributed by atoms with E-state index in [9.17, 15) is 9.18 Å². The van der Waals surface area contributed by atoms with Gasteiger partial charge in [-0.05, 0) is 67.4 Å². The number of piperidine rings is 1. The summed E-state index contributed by atoms with van der Waals surface area (Å²) in [5.74, 6) is 0.333. The van der Waals surface area contributed by atoms with E-state index in [1.54, 1.807) is 30.3 Å². The molecule has 32 heavy (non-hydrogen) atoms. The second kappa shape index (κ2) is 8.56. The number of amides is 1. The van der Waals surface area contributed by atoms with Crippen molar-refractivity contribution in [3.8, 4) is 17.0 Å². The number of nitrogens with zero attached hydrogens (tertiary/aromatic N) is 2. The maximum absolute atomic E-state index is 13.2. The maximum Gasteiger partial charge on any atom is 0.271 e. The Morgan fingerprint density at radius 2 is 2.00 bits per heavy atom. The molecule has 8 heteroatoms. The van der Waals surface area contributed by atoms with Crippen LogP contribution in [-0.2, 0) is 4.74 Å². The van der Waals surface area contributed by atoms with Gasteiger partial charge in [-0.3, -0.25) is 9.89 Å². The summed E-state index contributed by atoms with van der Waals surface area (Å²) in [7, 11) is 0. The number of ether oxygens (including phenoxy) is 2. The van der Waals surface area contributed by atoms with Gasteiger partial charge in [-0.2, -0.15) is 5.10 Å². The van der Waals surface area contributed by atoms with Crippen molar-refractivity contribution in [1.29, 1.82) is 0 Å². The van der Waals surface area contributed by atoms with Crippen LogP contribution in [0.3, 0.4) is 0 Å². The Labute approximate surface area is 190 Å². The van der Waals surface area contributed by atoms with E-state index in [2.05, 4.69) is 10.2 Å². The van der Waals surface area contributed by atoms with Gasteiger partial charge in [0.05, 0.1) is 24.4 Å². The van der Waals surface area contributed by atoms with Crippen LogP contribution in [0.2, 0.25) is 5.02 Å². The molecule has 6 nitrogen and oxygen atoms in total. The van der Waals surface area contributed by atoms with E-state index in [0.717, 1.165) is 30.6 Å². The molecule has 0 unspecified atom stereocenters. The van der Waals surface area contributed by atoms with Crippen LogP contribution >= 0.6 is 11.6 Å². The Hall–Kier alpha value is -2.90. The number of carbonyl (C=O) groups is 1. The van der Waals surface area contributed by atoms with Crippen LogP contribution in [0.15, 0.2) is 54.6 Å². The lowest BCUT2D eigenvalue weighted by molar-refractivity contribution is -0.0454. The fourth-order valence-electron chi connectivity index (χ4n) is 4.51. The molecule has 2 aromatic carbocycles. The van der Waals surface area contributed by atoms with Crippen molar-refractivity contribution in [1.82, 2.24) is 15.1 Å².